The number of anilines is 1. The predicted octanol–water partition coefficient (Wildman–Crippen LogP) is 2.27. The first-order valence-corrected chi connectivity index (χ1v) is 6.58. The first-order valence-electron chi connectivity index (χ1n) is 6.58. The highest BCUT2D eigenvalue weighted by molar-refractivity contribution is 6.00. The fourth-order valence-electron chi connectivity index (χ4n) is 1.70. The minimum atomic E-state index is -0.506. The van der Waals surface area contributed by atoms with E-state index in [4.69, 9.17) is 5.73 Å². The third-order valence-corrected chi connectivity index (χ3v) is 2.72. The molecule has 0 aliphatic carbocycles. The number of amidine groups is 1. The number of aromatic nitrogens is 1. The van der Waals surface area contributed by atoms with Crippen LogP contribution in [-0.4, -0.2) is 16.7 Å². The van der Waals surface area contributed by atoms with Gasteiger partial charge < -0.3 is 11.1 Å². The zero-order chi connectivity index (χ0) is 15.8. The van der Waals surface area contributed by atoms with Crippen molar-refractivity contribution in [3.05, 3.63) is 72.4 Å². The Hall–Kier alpha value is -3.02. The van der Waals surface area contributed by atoms with Crippen LogP contribution in [0.15, 0.2) is 66.1 Å². The Labute approximate surface area is 127 Å². The number of aliphatic imine (C=N–C) groups is 1. The molecular weight excluding hydrogens is 283 g/mol. The monoisotopic (exact) mass is 298 g/mol. The molecule has 22 heavy (non-hydrogen) atoms. The summed E-state index contributed by atoms with van der Waals surface area (Å²) in [6.07, 6.45) is 6.17. The number of hydrogen-bond donors (Lipinski definition) is 2. The fraction of sp³-hybridized carbons (Fsp3) is 0.0625. The first-order chi connectivity index (χ1) is 10.6. The van der Waals surface area contributed by atoms with Crippen LogP contribution in [0.2, 0.25) is 0 Å². The number of benzene rings is 1. The van der Waals surface area contributed by atoms with Crippen LogP contribution in [0.1, 0.15) is 5.56 Å². The van der Waals surface area contributed by atoms with Gasteiger partial charge >= 0.3 is 0 Å². The molecule has 5 nitrogen and oxygen atoms in total. The Kier molecular flexibility index (Phi) is 5.37. The van der Waals surface area contributed by atoms with Gasteiger partial charge in [0, 0.05) is 12.4 Å². The molecule has 6 heteroatoms. The van der Waals surface area contributed by atoms with E-state index in [1.165, 1.54) is 12.1 Å². The summed E-state index contributed by atoms with van der Waals surface area (Å²) < 4.78 is 13.4. The molecule has 2 aromatic rings. The lowest BCUT2D eigenvalue weighted by Crippen LogP contribution is -2.13. The molecule has 0 fully saturated rings. The van der Waals surface area contributed by atoms with Crippen molar-refractivity contribution in [3.8, 4) is 0 Å². The molecule has 0 unspecified atom stereocenters. The van der Waals surface area contributed by atoms with E-state index in [2.05, 4.69) is 15.3 Å². The van der Waals surface area contributed by atoms with Crippen molar-refractivity contribution in [3.63, 3.8) is 0 Å². The summed E-state index contributed by atoms with van der Waals surface area (Å²) in [4.78, 5) is 19.3. The molecular formula is C16H15FN4O. The van der Waals surface area contributed by atoms with Crippen LogP contribution in [0.4, 0.5) is 10.1 Å². The molecule has 0 aliphatic rings. The number of halogens is 1. The highest BCUT2D eigenvalue weighted by Crippen LogP contribution is 2.07. The van der Waals surface area contributed by atoms with Crippen LogP contribution in [0.3, 0.4) is 0 Å². The highest BCUT2D eigenvalue weighted by atomic mass is 19.1. The molecule has 112 valence electrons. The van der Waals surface area contributed by atoms with Crippen LogP contribution in [0.5, 0.6) is 0 Å². The van der Waals surface area contributed by atoms with Gasteiger partial charge in [0.25, 0.3) is 5.91 Å². The van der Waals surface area contributed by atoms with Gasteiger partial charge in [-0.15, -0.1) is 0 Å². The number of rotatable bonds is 5. The third kappa shape index (κ3) is 4.82. The number of hydrogen-bond acceptors (Lipinski definition) is 3. The van der Waals surface area contributed by atoms with Crippen molar-refractivity contribution < 1.29 is 9.18 Å². The van der Waals surface area contributed by atoms with Gasteiger partial charge in [-0.3, -0.25) is 9.78 Å². The molecule has 0 bridgehead atoms. The number of nitrogens with one attached hydrogen (secondary N) is 1. The maximum absolute atomic E-state index is 13.4. The minimum Gasteiger partial charge on any atom is -0.384 e. The van der Waals surface area contributed by atoms with Crippen LogP contribution < -0.4 is 11.1 Å². The van der Waals surface area contributed by atoms with E-state index < -0.39 is 11.7 Å². The summed E-state index contributed by atoms with van der Waals surface area (Å²) in [6, 6.07) is 9.68. The van der Waals surface area contributed by atoms with Crippen molar-refractivity contribution in [2.75, 3.05) is 5.32 Å². The van der Waals surface area contributed by atoms with Crippen LogP contribution >= 0.6 is 0 Å². The third-order valence-electron chi connectivity index (χ3n) is 2.72. The summed E-state index contributed by atoms with van der Waals surface area (Å²) in [5.41, 5.74) is 6.70. The molecule has 0 atom stereocenters. The largest absolute Gasteiger partial charge is 0.384 e. The molecule has 1 aromatic carbocycles. The highest BCUT2D eigenvalue weighted by Gasteiger charge is 2.06. The van der Waals surface area contributed by atoms with Gasteiger partial charge in [-0.2, -0.15) is 4.99 Å². The van der Waals surface area contributed by atoms with Crippen LogP contribution in [0, 0.1) is 5.82 Å². The number of carbonyl (C=O) groups is 1. The molecule has 1 amide bonds. The lowest BCUT2D eigenvalue weighted by molar-refractivity contribution is -0.117. The maximum atomic E-state index is 13.4. The number of nitrogens with zero attached hydrogens (tertiary/aromatic N) is 2. The second-order valence-electron chi connectivity index (χ2n) is 4.42. The van der Waals surface area contributed by atoms with E-state index in [0.717, 1.165) is 5.69 Å². The average molecular weight is 298 g/mol. The molecule has 0 radical (unpaired) electrons. The van der Waals surface area contributed by atoms with E-state index in [0.29, 0.717) is 5.56 Å². The van der Waals surface area contributed by atoms with Crippen molar-refractivity contribution >= 4 is 17.4 Å². The first kappa shape index (κ1) is 15.4. The number of nitrogens with two attached hydrogens (primary N) is 1. The summed E-state index contributed by atoms with van der Waals surface area (Å²) >= 11 is 0. The van der Waals surface area contributed by atoms with Gasteiger partial charge in [-0.1, -0.05) is 18.2 Å². The predicted molar refractivity (Wildman–Crippen MR) is 83.7 cm³/mol. The molecule has 0 saturated carbocycles. The van der Waals surface area contributed by atoms with Crippen molar-refractivity contribution in [2.24, 2.45) is 10.7 Å². The summed E-state index contributed by atoms with van der Waals surface area (Å²) in [7, 11) is 0. The zero-order valence-corrected chi connectivity index (χ0v) is 11.7. The fourth-order valence-corrected chi connectivity index (χ4v) is 1.70. The Bertz CT molecular complexity index is 698. The number of carbonyl (C=O) groups excluding carboxylic acids is 1. The second kappa shape index (κ2) is 7.68. The Balaban J connectivity index is 1.91. The van der Waals surface area contributed by atoms with E-state index in [-0.39, 0.29) is 12.3 Å². The SMILES string of the molecule is NC(/C=C\Nc1cccnc1)=NC(=O)Cc1ccccc1F. The number of amides is 1. The Morgan fingerprint density at radius 1 is 1.32 bits per heavy atom. The second-order valence-corrected chi connectivity index (χ2v) is 4.42. The average Bonchev–Trinajstić information content (AvgIpc) is 2.50. The van der Waals surface area contributed by atoms with Crippen molar-refractivity contribution in [1.29, 1.82) is 0 Å². The molecule has 2 rings (SSSR count). The zero-order valence-electron chi connectivity index (χ0n) is 11.7. The van der Waals surface area contributed by atoms with Gasteiger partial charge in [0.2, 0.25) is 0 Å². The normalized spacial score (nSPS) is 11.6. The molecule has 0 saturated heterocycles. The summed E-state index contributed by atoms with van der Waals surface area (Å²) in [5, 5.41) is 2.93. The van der Waals surface area contributed by atoms with E-state index in [1.54, 1.807) is 42.9 Å². The van der Waals surface area contributed by atoms with Gasteiger partial charge in [-0.25, -0.2) is 4.39 Å². The lowest BCUT2D eigenvalue weighted by atomic mass is 10.1. The quantitative estimate of drug-likeness (QED) is 0.655. The molecule has 0 spiro atoms. The number of pyridine rings is 1. The smallest absolute Gasteiger partial charge is 0.252 e. The Morgan fingerprint density at radius 3 is 2.86 bits per heavy atom. The van der Waals surface area contributed by atoms with E-state index in [1.807, 2.05) is 6.07 Å². The van der Waals surface area contributed by atoms with Crippen molar-refractivity contribution in [1.82, 2.24) is 4.98 Å². The molecule has 3 N–H and O–H groups in total. The van der Waals surface area contributed by atoms with Crippen molar-refractivity contribution in [2.45, 2.75) is 6.42 Å². The Morgan fingerprint density at radius 2 is 2.14 bits per heavy atom. The maximum Gasteiger partial charge on any atom is 0.252 e. The van der Waals surface area contributed by atoms with E-state index >= 15 is 0 Å². The lowest BCUT2D eigenvalue weighted by Gasteiger charge is -2.00. The van der Waals surface area contributed by atoms with Crippen LogP contribution in [-0.2, 0) is 11.2 Å². The summed E-state index contributed by atoms with van der Waals surface area (Å²) in [5.74, 6) is -0.898. The minimum absolute atomic E-state index is 0.0396. The van der Waals surface area contributed by atoms with Gasteiger partial charge in [0.05, 0.1) is 18.3 Å². The van der Waals surface area contributed by atoms with Gasteiger partial charge in [0.1, 0.15) is 11.7 Å². The standard InChI is InChI=1S/C16H15FN4O/c17-14-6-2-1-4-12(14)10-16(22)21-15(18)7-9-20-13-5-3-8-19-11-13/h1-9,11,20H,10H2,(H2,18,21,22)/b9-7-. The molecule has 1 aromatic heterocycles. The van der Waals surface area contributed by atoms with E-state index in [9.17, 15) is 9.18 Å². The van der Waals surface area contributed by atoms with Gasteiger partial charge in [-0.05, 0) is 29.8 Å². The molecule has 0 aliphatic heterocycles. The van der Waals surface area contributed by atoms with Crippen LogP contribution in [0.25, 0.3) is 0 Å². The molecule has 1 heterocycles. The summed E-state index contributed by atoms with van der Waals surface area (Å²) in [6.45, 7) is 0. The topological polar surface area (TPSA) is 80.4 Å². The van der Waals surface area contributed by atoms with Gasteiger partial charge in [0.15, 0.2) is 0 Å².